The molecule has 0 spiro atoms. The molecule has 5 heteroatoms. The summed E-state index contributed by atoms with van der Waals surface area (Å²) < 4.78 is 20.2. The Morgan fingerprint density at radius 3 is 1.39 bits per heavy atom. The summed E-state index contributed by atoms with van der Waals surface area (Å²) in [5.41, 5.74) is 4.85. The van der Waals surface area contributed by atoms with Crippen LogP contribution in [-0.2, 0) is 0 Å². The van der Waals surface area contributed by atoms with E-state index < -0.39 is 7.32 Å². The average molecular weight is 517 g/mol. The van der Waals surface area contributed by atoms with Gasteiger partial charge in [0.2, 0.25) is 0 Å². The van der Waals surface area contributed by atoms with E-state index >= 15 is 0 Å². The zero-order valence-corrected chi connectivity index (χ0v) is 24.5. The van der Waals surface area contributed by atoms with E-state index in [1.165, 1.54) is 60.9 Å². The monoisotopic (exact) mass is 516 g/mol. The highest BCUT2D eigenvalue weighted by Crippen LogP contribution is 2.37. The van der Waals surface area contributed by atoms with E-state index in [9.17, 15) is 0 Å². The zero-order chi connectivity index (χ0) is 27.4. The van der Waals surface area contributed by atoms with Crippen LogP contribution in [0.15, 0.2) is 66.7 Å². The van der Waals surface area contributed by atoms with Gasteiger partial charge in [0, 0.05) is 6.07 Å². The first-order chi connectivity index (χ1) is 18.4. The van der Waals surface area contributed by atoms with E-state index in [0.717, 1.165) is 29.9 Å². The molecule has 38 heavy (non-hydrogen) atoms. The summed E-state index contributed by atoms with van der Waals surface area (Å²) in [5, 5.41) is 0. The van der Waals surface area contributed by atoms with Crippen LogP contribution in [0, 0.1) is 20.8 Å². The van der Waals surface area contributed by atoms with E-state index in [1.54, 1.807) is 0 Å². The molecular formula is C33H47BNO3+. The first-order valence-electron chi connectivity index (χ1n) is 14.5. The summed E-state index contributed by atoms with van der Waals surface area (Å²) in [6.07, 6.45) is 7.08. The number of rotatable bonds is 16. The molecule has 0 bridgehead atoms. The lowest BCUT2D eigenvalue weighted by atomic mass is 10.1. The number of unbranched alkanes of at least 4 members (excludes halogenated alkanes) is 3. The third-order valence-electron chi connectivity index (χ3n) is 7.17. The third-order valence-corrected chi connectivity index (χ3v) is 7.17. The lowest BCUT2D eigenvalue weighted by molar-refractivity contribution is 0.248. The highest BCUT2D eigenvalue weighted by Gasteiger charge is 2.37. The van der Waals surface area contributed by atoms with Crippen molar-refractivity contribution in [2.24, 2.45) is 0 Å². The van der Waals surface area contributed by atoms with E-state index in [-0.39, 0.29) is 0 Å². The molecule has 0 aliphatic heterocycles. The van der Waals surface area contributed by atoms with Gasteiger partial charge in [0.1, 0.15) is 11.5 Å². The van der Waals surface area contributed by atoms with Crippen LogP contribution in [0.1, 0.15) is 76.0 Å². The topological polar surface area (TPSA) is 27.7 Å². The molecule has 0 radical (unpaired) electrons. The first kappa shape index (κ1) is 29.6. The minimum absolute atomic E-state index is 0.713. The number of aryl methyl sites for hydroxylation is 3. The molecule has 0 N–H and O–H groups in total. The van der Waals surface area contributed by atoms with E-state index in [4.69, 9.17) is 14.0 Å². The van der Waals surface area contributed by atoms with Crippen LogP contribution in [0.2, 0.25) is 0 Å². The van der Waals surface area contributed by atoms with Gasteiger partial charge in [0.05, 0.1) is 19.6 Å². The minimum atomic E-state index is -0.924. The normalized spacial score (nSPS) is 11.3. The van der Waals surface area contributed by atoms with Gasteiger partial charge in [0.15, 0.2) is 11.4 Å². The Morgan fingerprint density at radius 2 is 0.974 bits per heavy atom. The van der Waals surface area contributed by atoms with Crippen LogP contribution in [0.25, 0.3) is 0 Å². The zero-order valence-electron chi connectivity index (χ0n) is 24.5. The van der Waals surface area contributed by atoms with Gasteiger partial charge in [-0.3, -0.25) is 4.48 Å². The van der Waals surface area contributed by atoms with E-state index in [2.05, 4.69) is 59.7 Å². The highest BCUT2D eigenvalue weighted by molar-refractivity contribution is 6.39. The summed E-state index contributed by atoms with van der Waals surface area (Å²) in [6, 6.07) is 22.6. The lowest BCUT2D eigenvalue weighted by Gasteiger charge is -2.40. The molecule has 204 valence electrons. The Bertz CT molecular complexity index is 1030. The molecule has 3 aromatic carbocycles. The molecule has 0 aliphatic carbocycles. The van der Waals surface area contributed by atoms with Crippen molar-refractivity contribution in [2.45, 2.75) is 80.1 Å². The molecule has 0 aromatic heterocycles. The molecule has 0 aliphatic rings. The predicted molar refractivity (Wildman–Crippen MR) is 162 cm³/mol. The number of nitrogens with zero attached hydrogens (tertiary/aromatic N) is 1. The molecule has 0 heterocycles. The Labute approximate surface area is 231 Å². The van der Waals surface area contributed by atoms with Gasteiger partial charge in [-0.15, -0.1) is 0 Å². The van der Waals surface area contributed by atoms with Gasteiger partial charge < -0.3 is 14.0 Å². The number of hydrogen-bond donors (Lipinski definition) is 0. The van der Waals surface area contributed by atoms with Crippen LogP contribution in [0.5, 0.6) is 17.2 Å². The minimum Gasteiger partial charge on any atom is -0.490 e. The van der Waals surface area contributed by atoms with Gasteiger partial charge in [-0.2, -0.15) is 0 Å². The summed E-state index contributed by atoms with van der Waals surface area (Å²) >= 11 is 0. The molecule has 3 rings (SSSR count). The molecule has 0 saturated heterocycles. The van der Waals surface area contributed by atoms with Crippen molar-refractivity contribution in [2.75, 3.05) is 19.6 Å². The SMILES string of the molecule is CCCC[N+](CCCC)(CCCC)c1cc(C)ccc1OB(Oc1ccc(C)cc1)Oc1ccc(C)cc1. The second-order valence-corrected chi connectivity index (χ2v) is 10.6. The van der Waals surface area contributed by atoms with Crippen molar-refractivity contribution in [3.63, 3.8) is 0 Å². The quantitative estimate of drug-likeness (QED) is 0.141. The molecule has 0 fully saturated rings. The van der Waals surface area contributed by atoms with Crippen molar-refractivity contribution in [3.05, 3.63) is 83.4 Å². The summed E-state index contributed by atoms with van der Waals surface area (Å²) in [6.45, 7) is 16.5. The average Bonchev–Trinajstić information content (AvgIpc) is 2.92. The Balaban J connectivity index is 2.02. The molecule has 3 aromatic rings. The smallest absolute Gasteiger partial charge is 0.490 e. The van der Waals surface area contributed by atoms with Crippen LogP contribution in [-0.4, -0.2) is 27.0 Å². The largest absolute Gasteiger partial charge is 0.864 e. The van der Waals surface area contributed by atoms with Gasteiger partial charge in [0.25, 0.3) is 0 Å². The Kier molecular flexibility index (Phi) is 11.6. The fourth-order valence-electron chi connectivity index (χ4n) is 4.81. The molecule has 0 atom stereocenters. The van der Waals surface area contributed by atoms with Gasteiger partial charge >= 0.3 is 7.32 Å². The van der Waals surface area contributed by atoms with Gasteiger partial charge in [-0.05, 0) is 75.9 Å². The van der Waals surface area contributed by atoms with Crippen molar-refractivity contribution < 1.29 is 14.0 Å². The first-order valence-corrected chi connectivity index (χ1v) is 14.5. The van der Waals surface area contributed by atoms with Crippen molar-refractivity contribution in [1.29, 1.82) is 0 Å². The summed E-state index contributed by atoms with van der Waals surface area (Å²) in [5.74, 6) is 2.26. The lowest BCUT2D eigenvalue weighted by Crippen LogP contribution is -2.52. The van der Waals surface area contributed by atoms with Crippen molar-refractivity contribution in [3.8, 4) is 17.2 Å². The van der Waals surface area contributed by atoms with E-state index in [1.807, 2.05) is 48.5 Å². The maximum Gasteiger partial charge on any atom is 0.864 e. The maximum atomic E-state index is 6.65. The highest BCUT2D eigenvalue weighted by atomic mass is 16.7. The number of benzene rings is 3. The fraction of sp³-hybridized carbons (Fsp3) is 0.455. The molecule has 4 nitrogen and oxygen atoms in total. The van der Waals surface area contributed by atoms with Crippen LogP contribution < -0.4 is 18.4 Å². The fourth-order valence-corrected chi connectivity index (χ4v) is 4.81. The van der Waals surface area contributed by atoms with E-state index in [0.29, 0.717) is 11.5 Å². The van der Waals surface area contributed by atoms with Gasteiger partial charge in [-0.25, -0.2) is 0 Å². The molecular weight excluding hydrogens is 469 g/mol. The van der Waals surface area contributed by atoms with Gasteiger partial charge in [-0.1, -0.05) is 81.5 Å². The Morgan fingerprint density at radius 1 is 0.553 bits per heavy atom. The van der Waals surface area contributed by atoms with Crippen molar-refractivity contribution in [1.82, 2.24) is 4.48 Å². The summed E-state index contributed by atoms with van der Waals surface area (Å²) in [4.78, 5) is 0. The van der Waals surface area contributed by atoms with Crippen LogP contribution >= 0.6 is 0 Å². The Hall–Kier alpha value is -2.92. The second-order valence-electron chi connectivity index (χ2n) is 10.6. The second kappa shape index (κ2) is 14.9. The number of quaternary nitrogens is 1. The third kappa shape index (κ3) is 8.56. The predicted octanol–water partition coefficient (Wildman–Crippen LogP) is 8.84. The van der Waals surface area contributed by atoms with Crippen molar-refractivity contribution >= 4 is 13.0 Å². The van der Waals surface area contributed by atoms with Crippen LogP contribution in [0.4, 0.5) is 5.69 Å². The number of hydrogen-bond acceptors (Lipinski definition) is 3. The van der Waals surface area contributed by atoms with Crippen LogP contribution in [0.3, 0.4) is 0 Å². The summed E-state index contributed by atoms with van der Waals surface area (Å²) in [7, 11) is -0.924. The maximum absolute atomic E-state index is 6.65. The molecule has 0 unspecified atom stereocenters. The molecule has 0 saturated carbocycles. The molecule has 0 amide bonds. The standard InChI is InChI=1S/C33H47BNO3/c1-7-10-23-35(24-11-8-2,25-12-9-3)32-26-29(6)17-22-33(32)38-34(36-30-18-13-27(4)14-19-30)37-31-20-15-28(5)16-21-31/h13-22,26H,7-12,23-25H2,1-6H3/q+1.